The minimum atomic E-state index is -0.637. The van der Waals surface area contributed by atoms with E-state index < -0.39 is 22.4 Å². The van der Waals surface area contributed by atoms with Gasteiger partial charge in [-0.05, 0) is 55.5 Å². The summed E-state index contributed by atoms with van der Waals surface area (Å²) >= 11 is 1.05. The molecule has 4 nitrogen and oxygen atoms in total. The number of thioether (sulfide) groups is 1. The zero-order valence-corrected chi connectivity index (χ0v) is 16.7. The maximum atomic E-state index is 14.5. The number of Topliss-reactive ketones (excluding diaryl/α,β-unsaturated/α-hetero) is 1. The van der Waals surface area contributed by atoms with Crippen molar-refractivity contribution in [2.45, 2.75) is 17.3 Å². The lowest BCUT2D eigenvalue weighted by molar-refractivity contribution is 0.0994. The van der Waals surface area contributed by atoms with Crippen molar-refractivity contribution in [1.82, 2.24) is 9.55 Å². The number of nitrogens with zero attached hydrogens (tertiary/aromatic N) is 2. The summed E-state index contributed by atoms with van der Waals surface area (Å²) in [6, 6.07) is 18.0. The zero-order valence-electron chi connectivity index (χ0n) is 15.9. The van der Waals surface area contributed by atoms with Gasteiger partial charge in [-0.3, -0.25) is 14.2 Å². The molecule has 7 heteroatoms. The molecule has 4 aromatic rings. The molecule has 0 radical (unpaired) electrons. The van der Waals surface area contributed by atoms with Gasteiger partial charge in [-0.1, -0.05) is 36.0 Å². The number of ketones is 1. The molecule has 4 rings (SSSR count). The highest BCUT2D eigenvalue weighted by atomic mass is 32.2. The average Bonchev–Trinajstić information content (AvgIpc) is 2.75. The third-order valence-electron chi connectivity index (χ3n) is 4.62. The number of hydrogen-bond donors (Lipinski definition) is 0. The van der Waals surface area contributed by atoms with E-state index in [9.17, 15) is 18.4 Å². The lowest BCUT2D eigenvalue weighted by Crippen LogP contribution is -2.24. The van der Waals surface area contributed by atoms with Crippen LogP contribution in [0.3, 0.4) is 0 Å². The molecule has 0 bridgehead atoms. The van der Waals surface area contributed by atoms with Crippen molar-refractivity contribution < 1.29 is 13.6 Å². The van der Waals surface area contributed by atoms with E-state index in [1.165, 1.54) is 47.0 Å². The normalized spacial score (nSPS) is 12.1. The summed E-state index contributed by atoms with van der Waals surface area (Å²) in [5.41, 5.74) is 0.440. The van der Waals surface area contributed by atoms with Gasteiger partial charge in [0.2, 0.25) is 0 Å². The van der Waals surface area contributed by atoms with E-state index in [-0.39, 0.29) is 16.6 Å². The summed E-state index contributed by atoms with van der Waals surface area (Å²) < 4.78 is 28.9. The number of aromatic nitrogens is 2. The summed E-state index contributed by atoms with van der Waals surface area (Å²) in [6.45, 7) is 1.67. The smallest absolute Gasteiger partial charge is 0.266 e. The largest absolute Gasteiger partial charge is 0.293 e. The fourth-order valence-corrected chi connectivity index (χ4v) is 4.09. The van der Waals surface area contributed by atoms with Crippen molar-refractivity contribution >= 4 is 28.4 Å². The minimum Gasteiger partial charge on any atom is -0.293 e. The van der Waals surface area contributed by atoms with Crippen molar-refractivity contribution in [3.05, 3.63) is 100 Å². The molecule has 1 aromatic heterocycles. The number of benzene rings is 3. The molecule has 0 aliphatic carbocycles. The van der Waals surface area contributed by atoms with Gasteiger partial charge in [0, 0.05) is 5.56 Å². The summed E-state index contributed by atoms with van der Waals surface area (Å²) in [7, 11) is 0. The fraction of sp³-hybridized carbons (Fsp3) is 0.0870. The van der Waals surface area contributed by atoms with Gasteiger partial charge in [-0.15, -0.1) is 0 Å². The predicted molar refractivity (Wildman–Crippen MR) is 113 cm³/mol. The molecule has 1 atom stereocenters. The Hall–Kier alpha value is -3.32. The molecule has 0 fully saturated rings. The van der Waals surface area contributed by atoms with Crippen LogP contribution in [0, 0.1) is 11.6 Å². The van der Waals surface area contributed by atoms with Crippen LogP contribution >= 0.6 is 11.8 Å². The highest BCUT2D eigenvalue weighted by Crippen LogP contribution is 2.27. The zero-order chi connectivity index (χ0) is 21.3. The number of halogens is 2. The third kappa shape index (κ3) is 3.76. The van der Waals surface area contributed by atoms with Crippen LogP contribution in [0.2, 0.25) is 0 Å². The van der Waals surface area contributed by atoms with Crippen LogP contribution < -0.4 is 5.56 Å². The Kier molecular flexibility index (Phi) is 5.46. The molecular formula is C23H16F2N2O2S. The van der Waals surface area contributed by atoms with Crippen LogP contribution in [0.4, 0.5) is 8.78 Å². The van der Waals surface area contributed by atoms with Crippen LogP contribution in [-0.4, -0.2) is 20.6 Å². The van der Waals surface area contributed by atoms with Crippen LogP contribution in [0.15, 0.2) is 82.7 Å². The monoisotopic (exact) mass is 422 g/mol. The van der Waals surface area contributed by atoms with Crippen molar-refractivity contribution in [1.29, 1.82) is 0 Å². The molecule has 1 heterocycles. The summed E-state index contributed by atoms with van der Waals surface area (Å²) in [6.07, 6.45) is 0. The Morgan fingerprint density at radius 2 is 1.63 bits per heavy atom. The molecule has 30 heavy (non-hydrogen) atoms. The van der Waals surface area contributed by atoms with Gasteiger partial charge >= 0.3 is 0 Å². The first-order valence-electron chi connectivity index (χ1n) is 9.19. The van der Waals surface area contributed by atoms with E-state index in [0.29, 0.717) is 16.5 Å². The number of fused-ring (bicyclic) bond motifs is 1. The Labute approximate surface area is 175 Å². The molecule has 0 N–H and O–H groups in total. The van der Waals surface area contributed by atoms with Crippen molar-refractivity contribution in [2.75, 3.05) is 0 Å². The van der Waals surface area contributed by atoms with E-state index in [0.717, 1.165) is 11.8 Å². The van der Waals surface area contributed by atoms with Gasteiger partial charge in [0.05, 0.1) is 21.8 Å². The molecule has 0 aliphatic rings. The molecule has 0 saturated heterocycles. The molecule has 0 aliphatic heterocycles. The highest BCUT2D eigenvalue weighted by Gasteiger charge is 2.22. The van der Waals surface area contributed by atoms with Crippen molar-refractivity contribution in [3.63, 3.8) is 0 Å². The van der Waals surface area contributed by atoms with Crippen molar-refractivity contribution in [2.24, 2.45) is 0 Å². The van der Waals surface area contributed by atoms with Gasteiger partial charge in [0.15, 0.2) is 10.9 Å². The Balaban J connectivity index is 1.82. The predicted octanol–water partition coefficient (Wildman–Crippen LogP) is 5.03. The number of carbonyl (C=O) groups is 1. The van der Waals surface area contributed by atoms with Crippen LogP contribution in [-0.2, 0) is 0 Å². The standard InChI is InChI=1S/C23H16F2N2O2S/c1-14(21(28)15-10-12-16(24)13-11-15)30-23-26-19-8-4-2-6-17(19)22(29)27(23)20-9-5-3-7-18(20)25/h2-14H,1H3. The topological polar surface area (TPSA) is 52.0 Å². The maximum Gasteiger partial charge on any atom is 0.266 e. The molecule has 3 aromatic carbocycles. The van der Waals surface area contributed by atoms with Crippen LogP contribution in [0.1, 0.15) is 17.3 Å². The second-order valence-corrected chi connectivity index (χ2v) is 7.94. The molecule has 1 unspecified atom stereocenters. The minimum absolute atomic E-state index is 0.0599. The van der Waals surface area contributed by atoms with E-state index in [1.807, 2.05) is 0 Å². The molecule has 0 saturated carbocycles. The van der Waals surface area contributed by atoms with Gasteiger partial charge in [0.25, 0.3) is 5.56 Å². The molecule has 150 valence electrons. The molecular weight excluding hydrogens is 406 g/mol. The average molecular weight is 422 g/mol. The number of rotatable bonds is 5. The van der Waals surface area contributed by atoms with Crippen molar-refractivity contribution in [3.8, 4) is 5.69 Å². The third-order valence-corrected chi connectivity index (χ3v) is 5.67. The van der Waals surface area contributed by atoms with E-state index >= 15 is 0 Å². The summed E-state index contributed by atoms with van der Waals surface area (Å²) in [5, 5.41) is -0.0871. The summed E-state index contributed by atoms with van der Waals surface area (Å²) in [5.74, 6) is -1.25. The van der Waals surface area contributed by atoms with Crippen LogP contribution in [0.25, 0.3) is 16.6 Å². The highest BCUT2D eigenvalue weighted by molar-refractivity contribution is 8.00. The van der Waals surface area contributed by atoms with Gasteiger partial charge in [-0.25, -0.2) is 13.8 Å². The second-order valence-electron chi connectivity index (χ2n) is 6.63. The summed E-state index contributed by atoms with van der Waals surface area (Å²) in [4.78, 5) is 30.5. The first-order chi connectivity index (χ1) is 14.5. The lowest BCUT2D eigenvalue weighted by Gasteiger charge is -2.16. The quantitative estimate of drug-likeness (QED) is 0.257. The fourth-order valence-electron chi connectivity index (χ4n) is 3.10. The molecule has 0 amide bonds. The Morgan fingerprint density at radius 1 is 0.967 bits per heavy atom. The van der Waals surface area contributed by atoms with Gasteiger partial charge in [-0.2, -0.15) is 0 Å². The number of para-hydroxylation sites is 2. The number of carbonyl (C=O) groups excluding carboxylic acids is 1. The maximum absolute atomic E-state index is 14.5. The van der Waals surface area contributed by atoms with Gasteiger partial charge in [0.1, 0.15) is 11.6 Å². The molecule has 0 spiro atoms. The second kappa shape index (κ2) is 8.20. The first kappa shape index (κ1) is 20.0. The van der Waals surface area contributed by atoms with Crippen LogP contribution in [0.5, 0.6) is 0 Å². The Bertz CT molecular complexity index is 1300. The number of hydrogen-bond acceptors (Lipinski definition) is 4. The van der Waals surface area contributed by atoms with E-state index in [2.05, 4.69) is 4.98 Å². The van der Waals surface area contributed by atoms with E-state index in [1.54, 1.807) is 37.3 Å². The van der Waals surface area contributed by atoms with Gasteiger partial charge < -0.3 is 0 Å². The SMILES string of the molecule is CC(Sc1nc2ccccc2c(=O)n1-c1ccccc1F)C(=O)c1ccc(F)cc1. The Morgan fingerprint density at radius 3 is 2.37 bits per heavy atom. The lowest BCUT2D eigenvalue weighted by atomic mass is 10.1. The first-order valence-corrected chi connectivity index (χ1v) is 10.1. The van der Waals surface area contributed by atoms with E-state index in [4.69, 9.17) is 0 Å².